The Morgan fingerprint density at radius 1 is 1.39 bits per heavy atom. The first kappa shape index (κ1) is 17.0. The Kier molecular flexibility index (Phi) is 5.73. The summed E-state index contributed by atoms with van der Waals surface area (Å²) >= 11 is 0. The third-order valence-corrected chi connectivity index (χ3v) is 3.28. The Bertz CT molecular complexity index is 665. The summed E-state index contributed by atoms with van der Waals surface area (Å²) in [5.41, 5.74) is 1.76. The van der Waals surface area contributed by atoms with Gasteiger partial charge < -0.3 is 14.6 Å². The SMILES string of the molecule is CCOc1cc(C)ccc1NC(=O)CCc1nc(C(C)C)no1. The first-order valence-corrected chi connectivity index (χ1v) is 7.85. The van der Waals surface area contributed by atoms with Crippen LogP contribution in [0.4, 0.5) is 5.69 Å². The molecule has 0 atom stereocenters. The molecule has 6 heteroatoms. The lowest BCUT2D eigenvalue weighted by Gasteiger charge is -2.12. The number of rotatable bonds is 7. The summed E-state index contributed by atoms with van der Waals surface area (Å²) in [5, 5.41) is 6.76. The maximum absolute atomic E-state index is 12.1. The predicted molar refractivity (Wildman–Crippen MR) is 87.7 cm³/mol. The number of nitrogens with one attached hydrogen (secondary N) is 1. The van der Waals surface area contributed by atoms with Crippen molar-refractivity contribution >= 4 is 11.6 Å². The van der Waals surface area contributed by atoms with Crippen molar-refractivity contribution in [3.63, 3.8) is 0 Å². The van der Waals surface area contributed by atoms with Crippen molar-refractivity contribution in [2.75, 3.05) is 11.9 Å². The van der Waals surface area contributed by atoms with Gasteiger partial charge in [0.1, 0.15) is 5.75 Å². The van der Waals surface area contributed by atoms with E-state index in [1.54, 1.807) is 0 Å². The van der Waals surface area contributed by atoms with E-state index in [1.165, 1.54) is 0 Å². The molecule has 23 heavy (non-hydrogen) atoms. The first-order valence-electron chi connectivity index (χ1n) is 7.85. The summed E-state index contributed by atoms with van der Waals surface area (Å²) in [4.78, 5) is 16.4. The standard InChI is InChI=1S/C17H23N3O3/c1-5-22-14-10-12(4)6-7-13(14)18-15(21)8-9-16-19-17(11(2)3)20-23-16/h6-7,10-11H,5,8-9H2,1-4H3,(H,18,21). The Balaban J connectivity index is 1.94. The fourth-order valence-corrected chi connectivity index (χ4v) is 2.05. The molecule has 2 aromatic rings. The first-order chi connectivity index (χ1) is 11.0. The highest BCUT2D eigenvalue weighted by atomic mass is 16.5. The molecule has 2 rings (SSSR count). The molecule has 0 fully saturated rings. The van der Waals surface area contributed by atoms with Crippen molar-refractivity contribution < 1.29 is 14.1 Å². The van der Waals surface area contributed by atoms with E-state index in [0.29, 0.717) is 36.2 Å². The van der Waals surface area contributed by atoms with Crippen LogP contribution in [0.5, 0.6) is 5.75 Å². The third-order valence-electron chi connectivity index (χ3n) is 3.28. The minimum atomic E-state index is -0.112. The molecule has 0 radical (unpaired) electrons. The van der Waals surface area contributed by atoms with Crippen LogP contribution in [0, 0.1) is 6.92 Å². The average molecular weight is 317 g/mol. The second-order valence-electron chi connectivity index (χ2n) is 5.68. The van der Waals surface area contributed by atoms with Crippen molar-refractivity contribution in [2.45, 2.75) is 46.5 Å². The number of aromatic nitrogens is 2. The van der Waals surface area contributed by atoms with Crippen molar-refractivity contribution in [2.24, 2.45) is 0 Å². The van der Waals surface area contributed by atoms with Crippen LogP contribution in [-0.4, -0.2) is 22.7 Å². The molecule has 0 aliphatic carbocycles. The van der Waals surface area contributed by atoms with E-state index in [-0.39, 0.29) is 18.2 Å². The van der Waals surface area contributed by atoms with E-state index in [1.807, 2.05) is 45.9 Å². The lowest BCUT2D eigenvalue weighted by molar-refractivity contribution is -0.116. The lowest BCUT2D eigenvalue weighted by Crippen LogP contribution is -2.13. The van der Waals surface area contributed by atoms with Gasteiger partial charge in [-0.15, -0.1) is 0 Å². The number of benzene rings is 1. The van der Waals surface area contributed by atoms with Crippen molar-refractivity contribution in [1.82, 2.24) is 10.1 Å². The summed E-state index contributed by atoms with van der Waals surface area (Å²) in [5.74, 6) is 1.93. The normalized spacial score (nSPS) is 10.8. The van der Waals surface area contributed by atoms with E-state index in [9.17, 15) is 4.79 Å². The van der Waals surface area contributed by atoms with Crippen LogP contribution in [0.15, 0.2) is 22.7 Å². The third kappa shape index (κ3) is 4.81. The van der Waals surface area contributed by atoms with Gasteiger partial charge in [0.05, 0.1) is 12.3 Å². The van der Waals surface area contributed by atoms with Gasteiger partial charge in [0.15, 0.2) is 5.82 Å². The van der Waals surface area contributed by atoms with Gasteiger partial charge in [-0.2, -0.15) is 4.98 Å². The predicted octanol–water partition coefficient (Wildman–Crippen LogP) is 3.47. The van der Waals surface area contributed by atoms with Crippen LogP contribution in [0.2, 0.25) is 0 Å². The van der Waals surface area contributed by atoms with Crippen LogP contribution in [0.3, 0.4) is 0 Å². The van der Waals surface area contributed by atoms with Gasteiger partial charge in [0.25, 0.3) is 0 Å². The Labute approximate surface area is 136 Å². The summed E-state index contributed by atoms with van der Waals surface area (Å²) < 4.78 is 10.7. The van der Waals surface area contributed by atoms with Gasteiger partial charge in [0.2, 0.25) is 11.8 Å². The molecule has 0 bridgehead atoms. The number of amides is 1. The second kappa shape index (κ2) is 7.76. The van der Waals surface area contributed by atoms with Crippen LogP contribution in [-0.2, 0) is 11.2 Å². The molecule has 0 unspecified atom stereocenters. The molecule has 1 amide bonds. The molecule has 0 spiro atoms. The molecule has 0 aliphatic heterocycles. The number of anilines is 1. The van der Waals surface area contributed by atoms with Gasteiger partial charge in [-0.25, -0.2) is 0 Å². The molecule has 6 nitrogen and oxygen atoms in total. The van der Waals surface area contributed by atoms with E-state index in [0.717, 1.165) is 5.56 Å². The zero-order chi connectivity index (χ0) is 16.8. The van der Waals surface area contributed by atoms with Crippen LogP contribution >= 0.6 is 0 Å². The minimum absolute atomic E-state index is 0.112. The molecular formula is C17H23N3O3. The highest BCUT2D eigenvalue weighted by Crippen LogP contribution is 2.26. The topological polar surface area (TPSA) is 77.2 Å². The highest BCUT2D eigenvalue weighted by Gasteiger charge is 2.13. The maximum atomic E-state index is 12.1. The lowest BCUT2D eigenvalue weighted by atomic mass is 10.2. The molecular weight excluding hydrogens is 294 g/mol. The van der Waals surface area contributed by atoms with E-state index < -0.39 is 0 Å². The molecule has 0 aliphatic rings. The Morgan fingerprint density at radius 2 is 2.17 bits per heavy atom. The monoisotopic (exact) mass is 317 g/mol. The smallest absolute Gasteiger partial charge is 0.227 e. The van der Waals surface area contributed by atoms with Gasteiger partial charge >= 0.3 is 0 Å². The van der Waals surface area contributed by atoms with Crippen molar-refractivity contribution in [3.8, 4) is 5.75 Å². The largest absolute Gasteiger partial charge is 0.492 e. The van der Waals surface area contributed by atoms with Crippen LogP contribution < -0.4 is 10.1 Å². The molecule has 1 aromatic carbocycles. The molecule has 0 saturated heterocycles. The number of hydrogen-bond acceptors (Lipinski definition) is 5. The fourth-order valence-electron chi connectivity index (χ4n) is 2.05. The van der Waals surface area contributed by atoms with Gasteiger partial charge in [-0.1, -0.05) is 25.1 Å². The van der Waals surface area contributed by atoms with Gasteiger partial charge in [0, 0.05) is 18.8 Å². The summed E-state index contributed by atoms with van der Waals surface area (Å²) in [6.45, 7) is 8.43. The minimum Gasteiger partial charge on any atom is -0.492 e. The highest BCUT2D eigenvalue weighted by molar-refractivity contribution is 5.92. The number of ether oxygens (including phenoxy) is 1. The zero-order valence-corrected chi connectivity index (χ0v) is 14.0. The van der Waals surface area contributed by atoms with Crippen LogP contribution in [0.25, 0.3) is 0 Å². The maximum Gasteiger partial charge on any atom is 0.227 e. The van der Waals surface area contributed by atoms with Gasteiger partial charge in [-0.3, -0.25) is 4.79 Å². The quantitative estimate of drug-likeness (QED) is 0.846. The molecule has 124 valence electrons. The van der Waals surface area contributed by atoms with Crippen molar-refractivity contribution in [3.05, 3.63) is 35.5 Å². The van der Waals surface area contributed by atoms with E-state index in [4.69, 9.17) is 9.26 Å². The van der Waals surface area contributed by atoms with E-state index >= 15 is 0 Å². The number of carbonyl (C=O) groups is 1. The second-order valence-corrected chi connectivity index (χ2v) is 5.68. The molecule has 1 N–H and O–H groups in total. The Morgan fingerprint density at radius 3 is 2.83 bits per heavy atom. The zero-order valence-electron chi connectivity index (χ0n) is 14.0. The average Bonchev–Trinajstić information content (AvgIpc) is 2.97. The molecule has 1 heterocycles. The fraction of sp³-hybridized carbons (Fsp3) is 0.471. The number of hydrogen-bond donors (Lipinski definition) is 1. The summed E-state index contributed by atoms with van der Waals surface area (Å²) in [6.07, 6.45) is 0.695. The number of nitrogens with zero attached hydrogens (tertiary/aromatic N) is 2. The van der Waals surface area contributed by atoms with Gasteiger partial charge in [-0.05, 0) is 31.5 Å². The van der Waals surface area contributed by atoms with Crippen LogP contribution in [0.1, 0.15) is 50.4 Å². The molecule has 1 aromatic heterocycles. The van der Waals surface area contributed by atoms with E-state index in [2.05, 4.69) is 15.5 Å². The number of carbonyl (C=O) groups excluding carboxylic acids is 1. The Hall–Kier alpha value is -2.37. The molecule has 0 saturated carbocycles. The summed E-state index contributed by atoms with van der Waals surface area (Å²) in [6, 6.07) is 5.69. The summed E-state index contributed by atoms with van der Waals surface area (Å²) in [7, 11) is 0. The number of aryl methyl sites for hydroxylation is 2. The van der Waals surface area contributed by atoms with Crippen molar-refractivity contribution in [1.29, 1.82) is 0 Å².